The molecule has 1 aromatic carbocycles. The van der Waals surface area contributed by atoms with Crippen LogP contribution in [0, 0.1) is 0 Å². The average molecular weight is 349 g/mol. The third-order valence-electron chi connectivity index (χ3n) is 3.80. The number of fused-ring (bicyclic) bond motifs is 1. The molecule has 0 unspecified atom stereocenters. The summed E-state index contributed by atoms with van der Waals surface area (Å²) in [4.78, 5) is 29.0. The Labute approximate surface area is 142 Å². The van der Waals surface area contributed by atoms with Gasteiger partial charge in [0.15, 0.2) is 11.2 Å². The van der Waals surface area contributed by atoms with Crippen molar-refractivity contribution in [1.82, 2.24) is 18.7 Å². The van der Waals surface area contributed by atoms with E-state index in [2.05, 4.69) is 4.98 Å². The van der Waals surface area contributed by atoms with Gasteiger partial charge in [-0.05, 0) is 18.6 Å². The molecular weight excluding hydrogens is 332 g/mol. The maximum absolute atomic E-state index is 12.5. The predicted molar refractivity (Wildman–Crippen MR) is 92.0 cm³/mol. The van der Waals surface area contributed by atoms with Crippen LogP contribution in [-0.4, -0.2) is 18.7 Å². The number of para-hydroxylation sites is 1. The Hall–Kier alpha value is -2.54. The van der Waals surface area contributed by atoms with E-state index in [4.69, 9.17) is 16.3 Å². The van der Waals surface area contributed by atoms with Gasteiger partial charge in [-0.1, -0.05) is 30.7 Å². The molecule has 3 aromatic rings. The quantitative estimate of drug-likeness (QED) is 0.725. The van der Waals surface area contributed by atoms with Crippen molar-refractivity contribution in [3.05, 3.63) is 50.1 Å². The van der Waals surface area contributed by atoms with E-state index in [0.717, 1.165) is 11.0 Å². The van der Waals surface area contributed by atoms with Crippen molar-refractivity contribution in [3.63, 3.8) is 0 Å². The van der Waals surface area contributed by atoms with E-state index in [1.54, 1.807) is 35.9 Å². The van der Waals surface area contributed by atoms with Crippen LogP contribution in [0.25, 0.3) is 11.2 Å². The van der Waals surface area contributed by atoms with Crippen molar-refractivity contribution < 1.29 is 4.74 Å². The van der Waals surface area contributed by atoms with Gasteiger partial charge < -0.3 is 4.74 Å². The molecule has 24 heavy (non-hydrogen) atoms. The zero-order valence-corrected chi connectivity index (χ0v) is 14.4. The van der Waals surface area contributed by atoms with Gasteiger partial charge in [-0.15, -0.1) is 0 Å². The van der Waals surface area contributed by atoms with Crippen LogP contribution < -0.4 is 16.0 Å². The SMILES string of the molecule is CCCn1c(Oc2ccccc2Cl)nc2c1c(=O)n(C)c(=O)n2C. The molecule has 3 rings (SSSR count). The van der Waals surface area contributed by atoms with Crippen molar-refractivity contribution in [2.45, 2.75) is 19.9 Å². The second-order valence-electron chi connectivity index (χ2n) is 5.46. The molecule has 0 aliphatic rings. The van der Waals surface area contributed by atoms with Crippen LogP contribution in [0.3, 0.4) is 0 Å². The van der Waals surface area contributed by atoms with Crippen LogP contribution in [0.5, 0.6) is 11.8 Å². The Kier molecular flexibility index (Phi) is 4.19. The van der Waals surface area contributed by atoms with Crippen molar-refractivity contribution in [1.29, 1.82) is 0 Å². The van der Waals surface area contributed by atoms with Gasteiger partial charge in [0.2, 0.25) is 0 Å². The van der Waals surface area contributed by atoms with E-state index in [-0.39, 0.29) is 6.01 Å². The summed E-state index contributed by atoms with van der Waals surface area (Å²) in [5.41, 5.74) is -0.205. The molecule has 0 atom stereocenters. The molecule has 7 nitrogen and oxygen atoms in total. The number of hydrogen-bond acceptors (Lipinski definition) is 4. The summed E-state index contributed by atoms with van der Waals surface area (Å²) in [6.45, 7) is 2.52. The summed E-state index contributed by atoms with van der Waals surface area (Å²) < 4.78 is 9.91. The topological polar surface area (TPSA) is 71.1 Å². The van der Waals surface area contributed by atoms with Crippen LogP contribution in [0.15, 0.2) is 33.9 Å². The first kappa shape index (κ1) is 16.3. The molecule has 8 heteroatoms. The molecular formula is C16H17ClN4O3. The Balaban J connectivity index is 2.29. The van der Waals surface area contributed by atoms with Gasteiger partial charge in [-0.2, -0.15) is 4.98 Å². The summed E-state index contributed by atoms with van der Waals surface area (Å²) in [6.07, 6.45) is 0.774. The molecule has 0 aliphatic heterocycles. The highest BCUT2D eigenvalue weighted by Crippen LogP contribution is 2.29. The fraction of sp³-hybridized carbons (Fsp3) is 0.312. The Morgan fingerprint density at radius 1 is 1.17 bits per heavy atom. The van der Waals surface area contributed by atoms with E-state index in [1.165, 1.54) is 11.6 Å². The zero-order valence-electron chi connectivity index (χ0n) is 13.6. The third kappa shape index (κ3) is 2.50. The second kappa shape index (κ2) is 6.16. The van der Waals surface area contributed by atoms with Crippen molar-refractivity contribution in [3.8, 4) is 11.8 Å². The summed E-state index contributed by atoms with van der Waals surface area (Å²) in [6, 6.07) is 7.25. The van der Waals surface area contributed by atoms with Crippen molar-refractivity contribution >= 4 is 22.8 Å². The second-order valence-corrected chi connectivity index (χ2v) is 5.86. The summed E-state index contributed by atoms with van der Waals surface area (Å²) in [5.74, 6) is 0.439. The van der Waals surface area contributed by atoms with Crippen LogP contribution in [0.2, 0.25) is 5.02 Å². The molecule has 0 N–H and O–H groups in total. The molecule has 0 aliphatic carbocycles. The molecule has 0 saturated heterocycles. The summed E-state index contributed by atoms with van der Waals surface area (Å²) in [5, 5.41) is 0.439. The normalized spacial score (nSPS) is 11.2. The van der Waals surface area contributed by atoms with Gasteiger partial charge in [0, 0.05) is 20.6 Å². The van der Waals surface area contributed by atoms with Crippen LogP contribution in [-0.2, 0) is 20.6 Å². The first-order valence-electron chi connectivity index (χ1n) is 7.54. The van der Waals surface area contributed by atoms with E-state index >= 15 is 0 Å². The third-order valence-corrected chi connectivity index (χ3v) is 4.11. The number of rotatable bonds is 4. The lowest BCUT2D eigenvalue weighted by Gasteiger charge is -2.09. The highest BCUT2D eigenvalue weighted by molar-refractivity contribution is 6.32. The smallest absolute Gasteiger partial charge is 0.332 e. The van der Waals surface area contributed by atoms with Gasteiger partial charge in [0.05, 0.1) is 5.02 Å². The molecule has 2 heterocycles. The first-order valence-corrected chi connectivity index (χ1v) is 7.92. The molecule has 0 radical (unpaired) electrons. The lowest BCUT2D eigenvalue weighted by atomic mass is 10.3. The molecule has 0 saturated carbocycles. The van der Waals surface area contributed by atoms with Gasteiger partial charge >= 0.3 is 11.7 Å². The maximum Gasteiger partial charge on any atom is 0.332 e. The Morgan fingerprint density at radius 2 is 1.88 bits per heavy atom. The number of halogens is 1. The number of aromatic nitrogens is 4. The highest BCUT2D eigenvalue weighted by Gasteiger charge is 2.20. The van der Waals surface area contributed by atoms with E-state index in [9.17, 15) is 9.59 Å². The minimum absolute atomic E-state index is 0.234. The lowest BCUT2D eigenvalue weighted by Crippen LogP contribution is -2.37. The zero-order chi connectivity index (χ0) is 17.4. The number of ether oxygens (including phenoxy) is 1. The van der Waals surface area contributed by atoms with Gasteiger partial charge in [0.1, 0.15) is 5.75 Å². The number of imidazole rings is 1. The Bertz CT molecular complexity index is 1030. The van der Waals surface area contributed by atoms with E-state index in [0.29, 0.717) is 28.5 Å². The molecule has 0 fully saturated rings. The highest BCUT2D eigenvalue weighted by atomic mass is 35.5. The van der Waals surface area contributed by atoms with E-state index < -0.39 is 11.2 Å². The average Bonchev–Trinajstić information content (AvgIpc) is 2.92. The first-order chi connectivity index (χ1) is 11.5. The minimum atomic E-state index is -0.432. The van der Waals surface area contributed by atoms with Crippen LogP contribution in [0.4, 0.5) is 0 Å². The molecule has 2 aromatic heterocycles. The summed E-state index contributed by atoms with van der Waals surface area (Å²) >= 11 is 6.13. The standard InChI is InChI=1S/C16H17ClN4O3/c1-4-9-21-12-13(19(2)16(23)20(3)14(12)22)18-15(21)24-11-8-6-5-7-10(11)17/h5-8H,4,9H2,1-3H3. The number of nitrogens with zero attached hydrogens (tertiary/aromatic N) is 4. The largest absolute Gasteiger partial charge is 0.424 e. The fourth-order valence-corrected chi connectivity index (χ4v) is 2.74. The van der Waals surface area contributed by atoms with Gasteiger partial charge in [0.25, 0.3) is 5.56 Å². The lowest BCUT2D eigenvalue weighted by molar-refractivity contribution is 0.413. The van der Waals surface area contributed by atoms with Gasteiger partial charge in [-0.25, -0.2) is 4.79 Å². The van der Waals surface area contributed by atoms with Crippen molar-refractivity contribution in [2.24, 2.45) is 14.1 Å². The molecule has 0 amide bonds. The van der Waals surface area contributed by atoms with Crippen LogP contribution in [0.1, 0.15) is 13.3 Å². The molecule has 0 spiro atoms. The molecule has 0 bridgehead atoms. The van der Waals surface area contributed by atoms with Crippen LogP contribution >= 0.6 is 11.6 Å². The van der Waals surface area contributed by atoms with E-state index in [1.807, 2.05) is 6.92 Å². The monoisotopic (exact) mass is 348 g/mol. The Morgan fingerprint density at radius 3 is 2.54 bits per heavy atom. The van der Waals surface area contributed by atoms with Crippen molar-refractivity contribution in [2.75, 3.05) is 0 Å². The maximum atomic E-state index is 12.5. The van der Waals surface area contributed by atoms with Gasteiger partial charge in [-0.3, -0.25) is 18.5 Å². The fourth-order valence-electron chi connectivity index (χ4n) is 2.56. The number of benzene rings is 1. The minimum Gasteiger partial charge on any atom is -0.424 e. The predicted octanol–water partition coefficient (Wildman–Crippen LogP) is 2.29. The molecule has 126 valence electrons. The number of hydrogen-bond donors (Lipinski definition) is 0. The summed E-state index contributed by atoms with van der Waals surface area (Å²) in [7, 11) is 3.02. The number of aryl methyl sites for hydroxylation is 2.